The van der Waals surface area contributed by atoms with Gasteiger partial charge in [-0.15, -0.1) is 11.8 Å². The van der Waals surface area contributed by atoms with E-state index in [4.69, 9.17) is 0 Å². The van der Waals surface area contributed by atoms with Gasteiger partial charge in [0.15, 0.2) is 0 Å². The molecule has 168 valence electrons. The lowest BCUT2D eigenvalue weighted by Crippen LogP contribution is -2.42. The predicted molar refractivity (Wildman–Crippen MR) is 126 cm³/mol. The second-order valence-electron chi connectivity index (χ2n) is 9.29. The Kier molecular flexibility index (Phi) is 5.33. The number of rotatable bonds is 4. The van der Waals surface area contributed by atoms with Crippen molar-refractivity contribution in [1.29, 1.82) is 5.26 Å². The molecule has 1 fully saturated rings. The molecule has 33 heavy (non-hydrogen) atoms. The molecule has 4 heterocycles. The minimum atomic E-state index is -0.438. The molecular formula is C24H24N6O2S. The zero-order chi connectivity index (χ0) is 23.2. The number of aromatic nitrogens is 3. The van der Waals surface area contributed by atoms with Gasteiger partial charge in [0.2, 0.25) is 5.91 Å². The first-order valence-corrected chi connectivity index (χ1v) is 12.0. The Labute approximate surface area is 196 Å². The fourth-order valence-corrected chi connectivity index (χ4v) is 5.65. The largest absolute Gasteiger partial charge is 0.343 e. The standard InChI is InChI=1S/C24H24N6O2S/c1-24(2)8-21-19(10-28-30(21)13-24)15-3-4-20-18(7-15)17(5-6-26-20)23(32)27-11-22(31)29-14-33-12-16(29)9-25/h3-7,10,16H,8,11-14H2,1-2H3,(H,27,32)/t16-/m1/s1. The van der Waals surface area contributed by atoms with Crippen LogP contribution in [0.2, 0.25) is 0 Å². The molecule has 8 nitrogen and oxygen atoms in total. The van der Waals surface area contributed by atoms with Crippen molar-refractivity contribution in [1.82, 2.24) is 25.0 Å². The van der Waals surface area contributed by atoms with Crippen LogP contribution in [0, 0.1) is 16.7 Å². The third-order valence-corrected chi connectivity index (χ3v) is 7.23. The van der Waals surface area contributed by atoms with E-state index in [1.165, 1.54) is 22.4 Å². The number of amides is 2. The molecule has 5 rings (SSSR count). The molecule has 3 aromatic rings. The monoisotopic (exact) mass is 460 g/mol. The van der Waals surface area contributed by atoms with Crippen LogP contribution in [0.3, 0.4) is 0 Å². The highest BCUT2D eigenvalue weighted by Gasteiger charge is 2.32. The first kappa shape index (κ1) is 21.5. The lowest BCUT2D eigenvalue weighted by Gasteiger charge is -2.18. The Bertz CT molecular complexity index is 1310. The first-order valence-electron chi connectivity index (χ1n) is 10.9. The number of hydrogen-bond donors (Lipinski definition) is 1. The molecule has 0 spiro atoms. The average molecular weight is 461 g/mol. The molecule has 0 bridgehead atoms. The summed E-state index contributed by atoms with van der Waals surface area (Å²) in [6.07, 6.45) is 4.43. The third kappa shape index (κ3) is 3.95. The molecule has 1 atom stereocenters. The number of pyridine rings is 1. The van der Waals surface area contributed by atoms with E-state index in [1.54, 1.807) is 12.3 Å². The van der Waals surface area contributed by atoms with E-state index in [1.807, 2.05) is 24.4 Å². The maximum Gasteiger partial charge on any atom is 0.252 e. The summed E-state index contributed by atoms with van der Waals surface area (Å²) in [5.74, 6) is 0.483. The molecule has 1 saturated heterocycles. The van der Waals surface area contributed by atoms with Gasteiger partial charge in [0, 0.05) is 35.1 Å². The summed E-state index contributed by atoms with van der Waals surface area (Å²) in [5, 5.41) is 17.2. The van der Waals surface area contributed by atoms with Gasteiger partial charge >= 0.3 is 0 Å². The number of carbonyl (C=O) groups is 2. The molecule has 2 aliphatic rings. The summed E-state index contributed by atoms with van der Waals surface area (Å²) >= 11 is 1.54. The van der Waals surface area contributed by atoms with Crippen molar-refractivity contribution >= 4 is 34.5 Å². The maximum atomic E-state index is 13.0. The highest BCUT2D eigenvalue weighted by atomic mass is 32.2. The number of carbonyl (C=O) groups excluding carboxylic acids is 2. The molecule has 2 amide bonds. The zero-order valence-corrected chi connectivity index (χ0v) is 19.4. The molecule has 2 aliphatic heterocycles. The van der Waals surface area contributed by atoms with Crippen molar-refractivity contribution in [2.24, 2.45) is 5.41 Å². The molecule has 0 unspecified atom stereocenters. The normalized spacial score (nSPS) is 18.8. The first-order chi connectivity index (χ1) is 15.9. The van der Waals surface area contributed by atoms with E-state index < -0.39 is 6.04 Å². The number of nitrogens with one attached hydrogen (secondary N) is 1. The van der Waals surface area contributed by atoms with Crippen LogP contribution in [0.15, 0.2) is 36.7 Å². The highest BCUT2D eigenvalue weighted by Crippen LogP contribution is 2.37. The van der Waals surface area contributed by atoms with Crippen LogP contribution in [0.25, 0.3) is 22.0 Å². The van der Waals surface area contributed by atoms with Crippen LogP contribution >= 0.6 is 11.8 Å². The van der Waals surface area contributed by atoms with Gasteiger partial charge in [-0.05, 0) is 35.6 Å². The van der Waals surface area contributed by atoms with Crippen molar-refractivity contribution in [2.75, 3.05) is 18.2 Å². The number of nitrogens with zero attached hydrogens (tertiary/aromatic N) is 5. The smallest absolute Gasteiger partial charge is 0.252 e. The van der Waals surface area contributed by atoms with Crippen LogP contribution < -0.4 is 5.32 Å². The Morgan fingerprint density at radius 1 is 1.33 bits per heavy atom. The van der Waals surface area contributed by atoms with Crippen LogP contribution in [0.1, 0.15) is 29.9 Å². The number of hydrogen-bond acceptors (Lipinski definition) is 6. The van der Waals surface area contributed by atoms with Gasteiger partial charge in [0.1, 0.15) is 6.04 Å². The molecule has 0 aliphatic carbocycles. The van der Waals surface area contributed by atoms with Crippen molar-refractivity contribution < 1.29 is 9.59 Å². The van der Waals surface area contributed by atoms with Gasteiger partial charge < -0.3 is 10.2 Å². The van der Waals surface area contributed by atoms with Gasteiger partial charge in [0.25, 0.3) is 5.91 Å². The maximum absolute atomic E-state index is 13.0. The van der Waals surface area contributed by atoms with Crippen molar-refractivity contribution in [2.45, 2.75) is 32.9 Å². The summed E-state index contributed by atoms with van der Waals surface area (Å²) in [6.45, 7) is 5.22. The lowest BCUT2D eigenvalue weighted by atomic mass is 9.89. The molecule has 1 N–H and O–H groups in total. The van der Waals surface area contributed by atoms with E-state index in [2.05, 4.69) is 40.0 Å². The van der Waals surface area contributed by atoms with Crippen LogP contribution in [-0.2, 0) is 17.8 Å². The third-order valence-electron chi connectivity index (χ3n) is 6.22. The topological polar surface area (TPSA) is 104 Å². The fraction of sp³-hybridized carbons (Fsp3) is 0.375. The summed E-state index contributed by atoms with van der Waals surface area (Å²) in [6, 6.07) is 9.27. The van der Waals surface area contributed by atoms with Crippen molar-refractivity contribution in [3.8, 4) is 17.2 Å². The zero-order valence-electron chi connectivity index (χ0n) is 18.5. The SMILES string of the molecule is CC1(C)Cc2c(-c3ccc4nccc(C(=O)NCC(=O)N5CSC[C@H]5C#N)c4c3)cnn2C1. The van der Waals surface area contributed by atoms with Crippen molar-refractivity contribution in [3.63, 3.8) is 0 Å². The summed E-state index contributed by atoms with van der Waals surface area (Å²) in [5.41, 5.74) is 4.61. The number of benzene rings is 1. The predicted octanol–water partition coefficient (Wildman–Crippen LogP) is 2.84. The molecule has 0 saturated carbocycles. The van der Waals surface area contributed by atoms with Gasteiger partial charge in [-0.3, -0.25) is 19.3 Å². The van der Waals surface area contributed by atoms with Crippen LogP contribution in [0.4, 0.5) is 0 Å². The van der Waals surface area contributed by atoms with Crippen molar-refractivity contribution in [3.05, 3.63) is 47.9 Å². The summed E-state index contributed by atoms with van der Waals surface area (Å²) in [4.78, 5) is 31.4. The Morgan fingerprint density at radius 2 is 2.18 bits per heavy atom. The van der Waals surface area contributed by atoms with E-state index in [9.17, 15) is 14.9 Å². The van der Waals surface area contributed by atoms with Gasteiger partial charge in [-0.1, -0.05) is 19.9 Å². The number of fused-ring (bicyclic) bond motifs is 2. The van der Waals surface area contributed by atoms with Gasteiger partial charge in [-0.2, -0.15) is 10.4 Å². The Morgan fingerprint density at radius 3 is 3.00 bits per heavy atom. The lowest BCUT2D eigenvalue weighted by molar-refractivity contribution is -0.129. The van der Waals surface area contributed by atoms with E-state index in [0.717, 1.165) is 29.5 Å². The highest BCUT2D eigenvalue weighted by molar-refractivity contribution is 7.99. The molecule has 0 radical (unpaired) electrons. The minimum Gasteiger partial charge on any atom is -0.343 e. The van der Waals surface area contributed by atoms with Gasteiger partial charge in [0.05, 0.1) is 35.8 Å². The van der Waals surface area contributed by atoms with Gasteiger partial charge in [-0.25, -0.2) is 0 Å². The average Bonchev–Trinajstić information content (AvgIpc) is 3.50. The fourth-order valence-electron chi connectivity index (χ4n) is 4.55. The molecular weight excluding hydrogens is 436 g/mol. The van der Waals surface area contributed by atoms with E-state index >= 15 is 0 Å². The second-order valence-corrected chi connectivity index (χ2v) is 10.3. The summed E-state index contributed by atoms with van der Waals surface area (Å²) in [7, 11) is 0. The van der Waals surface area contributed by atoms with E-state index in [-0.39, 0.29) is 23.8 Å². The second kappa shape index (κ2) is 8.19. The van der Waals surface area contributed by atoms with Crippen LogP contribution in [0.5, 0.6) is 0 Å². The van der Waals surface area contributed by atoms with Crippen LogP contribution in [-0.4, -0.2) is 55.7 Å². The minimum absolute atomic E-state index is 0.146. The quantitative estimate of drug-likeness (QED) is 0.642. The number of nitriles is 1. The molecule has 9 heteroatoms. The molecule has 1 aromatic carbocycles. The van der Waals surface area contributed by atoms with E-state index in [0.29, 0.717) is 22.7 Å². The Balaban J connectivity index is 1.40. The summed E-state index contributed by atoms with van der Waals surface area (Å²) < 4.78 is 2.06. The number of thioether (sulfide) groups is 1. The Hall–Kier alpha value is -3.38. The molecule has 2 aromatic heterocycles.